The van der Waals surface area contributed by atoms with Gasteiger partial charge in [-0.05, 0) is 22.6 Å². The van der Waals surface area contributed by atoms with Crippen molar-refractivity contribution in [2.24, 2.45) is 7.05 Å². The highest BCUT2D eigenvalue weighted by molar-refractivity contribution is 5.71. The molecular formula is C14H16N4O5. The maximum absolute atomic E-state index is 11.9. The number of aliphatic hydroxyl groups is 1. The van der Waals surface area contributed by atoms with Crippen LogP contribution in [0.25, 0.3) is 0 Å². The minimum Gasteiger partial charge on any atom is -0.624 e. The molecule has 9 heteroatoms. The molecule has 2 rings (SSSR count). The number of nitro groups is 1. The Morgan fingerprint density at radius 1 is 1.39 bits per heavy atom. The van der Waals surface area contributed by atoms with Crippen molar-refractivity contribution in [3.63, 3.8) is 0 Å². The number of ether oxygens (including phenoxy) is 1. The molecule has 0 saturated carbocycles. The number of aromatic nitrogens is 2. The van der Waals surface area contributed by atoms with Gasteiger partial charge in [0, 0.05) is 0 Å². The highest BCUT2D eigenvalue weighted by Crippen LogP contribution is 2.17. The second-order valence-corrected chi connectivity index (χ2v) is 4.81. The van der Waals surface area contributed by atoms with E-state index in [4.69, 9.17) is 4.74 Å². The lowest BCUT2D eigenvalue weighted by Gasteiger charge is -2.11. The molecule has 1 heterocycles. The van der Waals surface area contributed by atoms with E-state index in [9.17, 15) is 20.4 Å². The summed E-state index contributed by atoms with van der Waals surface area (Å²) in [5.41, 5.74) is 0.561. The van der Waals surface area contributed by atoms with E-state index in [1.54, 1.807) is 24.3 Å². The number of benzene rings is 1. The first kappa shape index (κ1) is 16.4. The predicted molar refractivity (Wildman–Crippen MR) is 81.5 cm³/mol. The Balaban J connectivity index is 2.10. The van der Waals surface area contributed by atoms with Crippen LogP contribution >= 0.6 is 0 Å². The average Bonchev–Trinajstić information content (AvgIpc) is 2.88. The summed E-state index contributed by atoms with van der Waals surface area (Å²) in [4.78, 5) is 13.9. The van der Waals surface area contributed by atoms with Crippen LogP contribution in [-0.4, -0.2) is 44.2 Å². The standard InChI is InChI=1S/C14H16N4O5/c1-16-13(15-7-14(16)18(21)22)9-17(20)8-12(19)10-3-5-11(23-2)6-4-10/h3-7,9,12,19H,8H2,1-2H3/b17-9+/t12-/m0/s1. The number of rotatable bonds is 6. The number of nitrogens with zero attached hydrogens (tertiary/aromatic N) is 4. The molecule has 1 N–H and O–H groups in total. The van der Waals surface area contributed by atoms with Gasteiger partial charge in [-0.25, -0.2) is 14.3 Å². The minimum absolute atomic E-state index is 0.133. The first-order chi connectivity index (χ1) is 10.9. The molecule has 0 aliphatic heterocycles. The largest absolute Gasteiger partial charge is 0.624 e. The SMILES string of the molecule is COc1ccc([C@@H](O)C/[N+]([O-])=C\c2ncc([N+](=O)[O-])n2C)cc1. The van der Waals surface area contributed by atoms with Crippen LogP contribution in [0.15, 0.2) is 30.5 Å². The first-order valence-electron chi connectivity index (χ1n) is 6.69. The molecule has 0 bridgehead atoms. The van der Waals surface area contributed by atoms with Gasteiger partial charge >= 0.3 is 5.82 Å². The predicted octanol–water partition coefficient (Wildman–Crippen LogP) is 1.000. The summed E-state index contributed by atoms with van der Waals surface area (Å²) in [6, 6.07) is 6.67. The van der Waals surface area contributed by atoms with Gasteiger partial charge in [0.05, 0.1) is 14.2 Å². The zero-order valence-corrected chi connectivity index (χ0v) is 12.6. The smallest absolute Gasteiger partial charge is 0.343 e. The lowest BCUT2D eigenvalue weighted by molar-refractivity contribution is -0.465. The summed E-state index contributed by atoms with van der Waals surface area (Å²) in [5.74, 6) is 0.556. The molecule has 122 valence electrons. The molecule has 9 nitrogen and oxygen atoms in total. The van der Waals surface area contributed by atoms with Gasteiger partial charge in [-0.15, -0.1) is 0 Å². The fraction of sp³-hybridized carbons (Fsp3) is 0.286. The Morgan fingerprint density at radius 2 is 2.04 bits per heavy atom. The average molecular weight is 320 g/mol. The monoisotopic (exact) mass is 320 g/mol. The van der Waals surface area contributed by atoms with Crippen LogP contribution in [0.3, 0.4) is 0 Å². The summed E-state index contributed by atoms with van der Waals surface area (Å²) in [6.07, 6.45) is 1.16. The molecule has 0 aliphatic rings. The first-order valence-corrected chi connectivity index (χ1v) is 6.69. The van der Waals surface area contributed by atoms with E-state index >= 15 is 0 Å². The molecule has 0 unspecified atom stereocenters. The lowest BCUT2D eigenvalue weighted by Crippen LogP contribution is -2.17. The van der Waals surface area contributed by atoms with Crippen molar-refractivity contribution in [2.45, 2.75) is 6.10 Å². The molecule has 0 aliphatic carbocycles. The highest BCUT2D eigenvalue weighted by atomic mass is 16.6. The Labute approximate surface area is 131 Å². The van der Waals surface area contributed by atoms with Crippen molar-refractivity contribution in [2.75, 3.05) is 13.7 Å². The van der Waals surface area contributed by atoms with Crippen molar-refractivity contribution in [1.82, 2.24) is 9.55 Å². The highest BCUT2D eigenvalue weighted by Gasteiger charge is 2.18. The summed E-state index contributed by atoms with van der Waals surface area (Å²) < 4.78 is 6.69. The third-order valence-corrected chi connectivity index (χ3v) is 3.30. The molecule has 1 aromatic heterocycles. The molecule has 0 radical (unpaired) electrons. The number of aliphatic hydroxyl groups excluding tert-OH is 1. The quantitative estimate of drug-likeness (QED) is 0.279. The van der Waals surface area contributed by atoms with Gasteiger partial charge in [-0.1, -0.05) is 12.1 Å². The molecule has 1 atom stereocenters. The van der Waals surface area contributed by atoms with Crippen molar-refractivity contribution in [3.05, 3.63) is 57.2 Å². The van der Waals surface area contributed by atoms with E-state index < -0.39 is 11.0 Å². The number of methoxy groups -OCH3 is 1. The Morgan fingerprint density at radius 3 is 2.57 bits per heavy atom. The molecule has 0 saturated heterocycles. The maximum atomic E-state index is 11.9. The van der Waals surface area contributed by atoms with Gasteiger partial charge < -0.3 is 25.2 Å². The zero-order valence-electron chi connectivity index (χ0n) is 12.6. The third-order valence-electron chi connectivity index (χ3n) is 3.30. The number of hydrogen-bond acceptors (Lipinski definition) is 6. The summed E-state index contributed by atoms with van der Waals surface area (Å²) in [6.45, 7) is -0.229. The van der Waals surface area contributed by atoms with Gasteiger partial charge in [-0.3, -0.25) is 0 Å². The molecule has 0 fully saturated rings. The van der Waals surface area contributed by atoms with Crippen molar-refractivity contribution < 1.29 is 19.5 Å². The second-order valence-electron chi connectivity index (χ2n) is 4.81. The Hall–Kier alpha value is -2.94. The Bertz CT molecular complexity index is 723. The van der Waals surface area contributed by atoms with Crippen LogP contribution in [0.5, 0.6) is 5.75 Å². The van der Waals surface area contributed by atoms with Gasteiger partial charge in [0.1, 0.15) is 18.1 Å². The maximum Gasteiger partial charge on any atom is 0.343 e. The van der Waals surface area contributed by atoms with Gasteiger partial charge in [0.15, 0.2) is 6.54 Å². The fourth-order valence-corrected chi connectivity index (χ4v) is 1.99. The van der Waals surface area contributed by atoms with E-state index in [0.29, 0.717) is 16.1 Å². The Kier molecular flexibility index (Phi) is 4.91. The van der Waals surface area contributed by atoms with Crippen LogP contribution in [0.1, 0.15) is 17.5 Å². The fourth-order valence-electron chi connectivity index (χ4n) is 1.99. The van der Waals surface area contributed by atoms with E-state index in [1.807, 2.05) is 0 Å². The summed E-state index contributed by atoms with van der Waals surface area (Å²) in [7, 11) is 2.97. The molecular weight excluding hydrogens is 304 g/mol. The van der Waals surface area contributed by atoms with Gasteiger partial charge in [0.2, 0.25) is 6.21 Å². The summed E-state index contributed by atoms with van der Waals surface area (Å²) >= 11 is 0. The topological polar surface area (TPSA) is 116 Å². The van der Waals surface area contributed by atoms with E-state index in [0.717, 1.165) is 12.4 Å². The van der Waals surface area contributed by atoms with Crippen LogP contribution < -0.4 is 4.74 Å². The molecule has 0 amide bonds. The lowest BCUT2D eigenvalue weighted by atomic mass is 10.1. The van der Waals surface area contributed by atoms with E-state index in [-0.39, 0.29) is 18.2 Å². The number of hydroxylamine groups is 1. The van der Waals surface area contributed by atoms with Crippen molar-refractivity contribution in [3.8, 4) is 5.75 Å². The van der Waals surface area contributed by atoms with E-state index in [1.165, 1.54) is 18.7 Å². The number of hydrogen-bond donors (Lipinski definition) is 1. The zero-order chi connectivity index (χ0) is 17.0. The third kappa shape index (κ3) is 3.83. The number of imidazole rings is 1. The second kappa shape index (κ2) is 6.88. The van der Waals surface area contributed by atoms with Gasteiger partial charge in [-0.2, -0.15) is 0 Å². The van der Waals surface area contributed by atoms with Crippen LogP contribution in [0.2, 0.25) is 0 Å². The van der Waals surface area contributed by atoms with Crippen LogP contribution in [0.4, 0.5) is 5.82 Å². The van der Waals surface area contributed by atoms with Gasteiger partial charge in [0.25, 0.3) is 5.82 Å². The molecule has 1 aromatic carbocycles. The van der Waals surface area contributed by atoms with E-state index in [2.05, 4.69) is 4.98 Å². The molecule has 23 heavy (non-hydrogen) atoms. The molecule has 2 aromatic rings. The van der Waals surface area contributed by atoms with Crippen LogP contribution in [0, 0.1) is 15.3 Å². The normalized spacial score (nSPS) is 12.9. The van der Waals surface area contributed by atoms with Crippen molar-refractivity contribution in [1.29, 1.82) is 0 Å². The minimum atomic E-state index is -1.01. The van der Waals surface area contributed by atoms with Crippen molar-refractivity contribution >= 4 is 12.0 Å². The molecule has 0 spiro atoms. The summed E-state index contributed by atoms with van der Waals surface area (Å²) in [5, 5.41) is 32.7. The van der Waals surface area contributed by atoms with Crippen LogP contribution in [-0.2, 0) is 7.05 Å².